The van der Waals surface area contributed by atoms with E-state index in [1.165, 1.54) is 6.20 Å². The second-order valence-electron chi connectivity index (χ2n) is 5.51. The first-order chi connectivity index (χ1) is 15.6. The van der Waals surface area contributed by atoms with Crippen LogP contribution in [0.5, 0.6) is 0 Å². The van der Waals surface area contributed by atoms with Gasteiger partial charge in [-0.3, -0.25) is 5.32 Å². The van der Waals surface area contributed by atoms with E-state index in [0.717, 1.165) is 17.1 Å². The summed E-state index contributed by atoms with van der Waals surface area (Å²) >= 11 is 0. The first kappa shape index (κ1) is 9.63. The van der Waals surface area contributed by atoms with Crippen LogP contribution in [-0.2, 0) is 11.8 Å². The molecule has 3 heterocycles. The molecule has 2 aromatic heterocycles. The lowest BCUT2D eigenvalue weighted by Crippen LogP contribution is -2.43. The zero-order valence-electron chi connectivity index (χ0n) is 21.9. The molecule has 1 aromatic carbocycles. The number of nitrogens with one attached hydrogen (secondary N) is 1. The Hall–Kier alpha value is -3.00. The quantitative estimate of drug-likeness (QED) is 0.757. The summed E-state index contributed by atoms with van der Waals surface area (Å²) in [6.07, 6.45) is 3.10. The molecular weight excluding hydrogens is 332 g/mol. The fourth-order valence-corrected chi connectivity index (χ4v) is 2.46. The minimum atomic E-state index is -3.37. The third-order valence-electron chi connectivity index (χ3n) is 3.94. The predicted octanol–water partition coefficient (Wildman–Crippen LogP) is 2.20. The summed E-state index contributed by atoms with van der Waals surface area (Å²) in [5, 5.41) is 2.77. The molecule has 0 bridgehead atoms. The number of nitrogens with zero attached hydrogens (tertiary/aromatic N) is 5. The highest BCUT2D eigenvalue weighted by atomic mass is 16.5. The fourth-order valence-electron chi connectivity index (χ4n) is 2.46. The number of amides is 2. The van der Waals surface area contributed by atoms with Gasteiger partial charge in [0.15, 0.2) is 0 Å². The Balaban J connectivity index is 1.70. The van der Waals surface area contributed by atoms with E-state index in [2.05, 4.69) is 25.0 Å². The van der Waals surface area contributed by atoms with E-state index in [0.29, 0.717) is 10.9 Å². The van der Waals surface area contributed by atoms with Gasteiger partial charge < -0.3 is 14.2 Å². The summed E-state index contributed by atoms with van der Waals surface area (Å²) in [6.45, 7) is -11.6. The second-order valence-corrected chi connectivity index (χ2v) is 5.51. The first-order valence-electron chi connectivity index (χ1n) is 11.7. The van der Waals surface area contributed by atoms with Crippen LogP contribution >= 0.6 is 0 Å². The van der Waals surface area contributed by atoms with Crippen LogP contribution in [0, 0.1) is 6.92 Å². The van der Waals surface area contributed by atoms with E-state index in [4.69, 9.17) is 11.0 Å². The summed E-state index contributed by atoms with van der Waals surface area (Å²) in [6, 6.07) is 3.86. The van der Waals surface area contributed by atoms with Crippen LogP contribution < -0.4 is 5.32 Å². The van der Waals surface area contributed by atoms with E-state index in [1.807, 2.05) is 24.6 Å². The Morgan fingerprint density at radius 1 is 1.27 bits per heavy atom. The van der Waals surface area contributed by atoms with Crippen LogP contribution in [0.4, 0.5) is 10.7 Å². The molecule has 1 N–H and O–H groups in total. The average molecular weight is 360 g/mol. The van der Waals surface area contributed by atoms with Crippen molar-refractivity contribution in [3.05, 3.63) is 36.4 Å². The van der Waals surface area contributed by atoms with Gasteiger partial charge in [-0.1, -0.05) is 12.1 Å². The lowest BCUT2D eigenvalue weighted by molar-refractivity contribution is 0.0564. The highest BCUT2D eigenvalue weighted by Crippen LogP contribution is 2.24. The number of urea groups is 1. The Labute approximate surface area is 162 Å². The molecule has 1 aliphatic heterocycles. The van der Waals surface area contributed by atoms with Gasteiger partial charge in [0.2, 0.25) is 5.95 Å². The number of ether oxygens (including phenoxy) is 1. The molecule has 8 heteroatoms. The molecule has 0 radical (unpaired) electrons. The normalized spacial score (nSPS) is 26.9. The Bertz CT molecular complexity index is 1270. The predicted molar refractivity (Wildman–Crippen MR) is 97.9 cm³/mol. The summed E-state index contributed by atoms with van der Waals surface area (Å²) in [5.41, 5.74) is 2.02. The van der Waals surface area contributed by atoms with Crippen LogP contribution in [0.1, 0.15) is 16.8 Å². The number of benzene rings is 1. The number of hydrogen-bond donors (Lipinski definition) is 1. The lowest BCUT2D eigenvalue weighted by Gasteiger charge is -2.26. The van der Waals surface area contributed by atoms with Crippen LogP contribution in [0.25, 0.3) is 22.2 Å². The van der Waals surface area contributed by atoms with Gasteiger partial charge >= 0.3 is 6.03 Å². The second kappa shape index (κ2) is 6.72. The number of aryl methyl sites for hydroxylation is 1. The number of anilines is 1. The van der Waals surface area contributed by atoms with Crippen LogP contribution in [0.2, 0.25) is 0 Å². The first-order valence-corrected chi connectivity index (χ1v) is 7.65. The number of imidazole rings is 1. The number of rotatable bonds is 2. The van der Waals surface area contributed by atoms with E-state index in [-0.39, 0.29) is 10.8 Å². The molecule has 0 spiro atoms. The minimum absolute atomic E-state index is 0.202. The van der Waals surface area contributed by atoms with Crippen molar-refractivity contribution >= 4 is 22.9 Å². The molecule has 26 heavy (non-hydrogen) atoms. The summed E-state index contributed by atoms with van der Waals surface area (Å²) in [7, 11) is 1.86. The van der Waals surface area contributed by atoms with E-state index in [9.17, 15) is 4.79 Å². The van der Waals surface area contributed by atoms with E-state index >= 15 is 0 Å². The van der Waals surface area contributed by atoms with Crippen molar-refractivity contribution in [2.75, 3.05) is 31.4 Å². The van der Waals surface area contributed by atoms with Gasteiger partial charge in [-0.15, -0.1) is 0 Å². The average Bonchev–Trinajstić information content (AvgIpc) is 3.03. The Kier molecular flexibility index (Phi) is 2.49. The molecule has 0 saturated carbocycles. The maximum Gasteiger partial charge on any atom is 0.324 e. The third-order valence-corrected chi connectivity index (χ3v) is 3.94. The molecule has 8 nitrogen and oxygen atoms in total. The smallest absolute Gasteiger partial charge is 0.324 e. The number of aromatic nitrogens is 4. The van der Waals surface area contributed by atoms with Crippen molar-refractivity contribution in [1.82, 2.24) is 24.4 Å². The van der Waals surface area contributed by atoms with E-state index in [1.54, 1.807) is 18.3 Å². The highest BCUT2D eigenvalue weighted by Gasteiger charge is 2.17. The van der Waals surface area contributed by atoms with E-state index < -0.39 is 32.1 Å². The third kappa shape index (κ3) is 3.11. The van der Waals surface area contributed by atoms with Gasteiger partial charge in [0.1, 0.15) is 5.82 Å². The SMILES string of the molecule is [2H]C1([2H])OC([2H])([2H])C([2H])([2H])N(C(=O)Nc2ncc3ccc(-c4cnc(C)n4C)cc3n2)C1([2H])[2H]. The largest absolute Gasteiger partial charge is 0.378 e. The van der Waals surface area contributed by atoms with Gasteiger partial charge in [0.05, 0.1) is 41.5 Å². The number of hydrogen-bond acceptors (Lipinski definition) is 5. The standard InChI is InChI=1S/C18H20N6O2/c1-12-19-11-16(23(12)2)13-3-4-14-10-20-17(21-15(14)9-13)22-18(25)24-5-7-26-8-6-24/h3-4,9-11H,5-8H2,1-2H3,(H,20,21,22,25)/i5D2,6D2,7D2,8D2. The molecule has 4 rings (SSSR count). The van der Waals surface area contributed by atoms with Gasteiger partial charge in [-0.05, 0) is 13.0 Å². The van der Waals surface area contributed by atoms with Crippen LogP contribution in [0.3, 0.4) is 0 Å². The van der Waals surface area contributed by atoms with Crippen LogP contribution in [-0.4, -0.2) is 56.6 Å². The fraction of sp³-hybridized carbons (Fsp3) is 0.333. The van der Waals surface area contributed by atoms with Gasteiger partial charge in [-0.2, -0.15) is 0 Å². The van der Waals surface area contributed by atoms with Crippen LogP contribution in [0.15, 0.2) is 30.6 Å². The molecule has 3 aromatic rings. The van der Waals surface area contributed by atoms with Gasteiger partial charge in [-0.25, -0.2) is 19.7 Å². The Morgan fingerprint density at radius 3 is 2.81 bits per heavy atom. The Morgan fingerprint density at radius 2 is 2.08 bits per heavy atom. The molecule has 2 amide bonds. The topological polar surface area (TPSA) is 85.2 Å². The van der Waals surface area contributed by atoms with Crippen molar-refractivity contribution < 1.29 is 20.5 Å². The van der Waals surface area contributed by atoms with Crippen molar-refractivity contribution in [2.24, 2.45) is 7.05 Å². The van der Waals surface area contributed by atoms with Crippen molar-refractivity contribution in [2.45, 2.75) is 6.92 Å². The van der Waals surface area contributed by atoms with Gasteiger partial charge in [0.25, 0.3) is 0 Å². The lowest BCUT2D eigenvalue weighted by atomic mass is 10.1. The monoisotopic (exact) mass is 360 g/mol. The summed E-state index contributed by atoms with van der Waals surface area (Å²) in [4.78, 5) is 25.2. The molecule has 0 aliphatic carbocycles. The molecule has 1 saturated heterocycles. The number of carbonyl (C=O) groups excluding carboxylic acids is 1. The summed E-state index contributed by atoms with van der Waals surface area (Å²) < 4.78 is 69.0. The van der Waals surface area contributed by atoms with Crippen molar-refractivity contribution in [1.29, 1.82) is 0 Å². The highest BCUT2D eigenvalue weighted by molar-refractivity contribution is 5.89. The molecular formula is C18H20N6O2. The minimum Gasteiger partial charge on any atom is -0.378 e. The molecule has 1 fully saturated rings. The molecule has 134 valence electrons. The van der Waals surface area contributed by atoms with Crippen molar-refractivity contribution in [3.8, 4) is 11.3 Å². The van der Waals surface area contributed by atoms with Gasteiger partial charge in [0, 0.05) is 37.2 Å². The van der Waals surface area contributed by atoms with Crippen molar-refractivity contribution in [3.63, 3.8) is 0 Å². The molecule has 0 unspecified atom stereocenters. The maximum absolute atomic E-state index is 12.9. The zero-order chi connectivity index (χ0) is 25.3. The zero-order valence-corrected chi connectivity index (χ0v) is 13.9. The number of fused-ring (bicyclic) bond motifs is 1. The molecule has 0 atom stereocenters. The molecule has 1 aliphatic rings. The maximum atomic E-state index is 12.9. The number of carbonyl (C=O) groups is 1. The number of morpholine rings is 1. The summed E-state index contributed by atoms with van der Waals surface area (Å²) in [5.74, 6) is 0.495.